The van der Waals surface area contributed by atoms with Crippen molar-refractivity contribution in [3.63, 3.8) is 0 Å². The topological polar surface area (TPSA) is 8.17 Å². The molecule has 13 aromatic carbocycles. The normalized spacial score (nSPS) is 15.0. The fourth-order valence-electron chi connectivity index (χ4n) is 15.6. The fraction of sp³-hybridized carbons (Fsp3) is 0.0250. The van der Waals surface area contributed by atoms with Gasteiger partial charge in [0.05, 0.1) is 33.2 Å². The van der Waals surface area contributed by atoms with Gasteiger partial charge in [0.1, 0.15) is 0 Å². The predicted molar refractivity (Wildman–Crippen MR) is 339 cm³/mol. The number of hydrogen-bond donors (Lipinski definition) is 0. The van der Waals surface area contributed by atoms with E-state index in [0.29, 0.717) is 0 Å². The van der Waals surface area contributed by atoms with Crippen LogP contribution in [-0.2, 0) is 10.8 Å². The molecule has 1 unspecified atom stereocenters. The van der Waals surface area contributed by atoms with Gasteiger partial charge in [-0.15, -0.1) is 0 Å². The van der Waals surface area contributed by atoms with Crippen LogP contribution in [0.3, 0.4) is 0 Å². The molecular formula is C80H50N2. The van der Waals surface area contributed by atoms with Crippen LogP contribution in [0, 0.1) is 0 Å². The van der Waals surface area contributed by atoms with E-state index < -0.39 is 10.8 Å². The van der Waals surface area contributed by atoms with Crippen molar-refractivity contribution >= 4 is 38.9 Å². The van der Waals surface area contributed by atoms with Crippen LogP contribution in [0.5, 0.6) is 0 Å². The molecule has 380 valence electrons. The first-order chi connectivity index (χ1) is 40.7. The molecule has 2 heterocycles. The lowest BCUT2D eigenvalue weighted by atomic mass is 9.65. The maximum absolute atomic E-state index is 2.53. The molecule has 1 aliphatic heterocycles. The quantitative estimate of drug-likeness (QED) is 0.161. The second-order valence-electron chi connectivity index (χ2n) is 22.6. The lowest BCUT2D eigenvalue weighted by Gasteiger charge is -2.39. The summed E-state index contributed by atoms with van der Waals surface area (Å²) in [5.74, 6) is 0. The van der Waals surface area contributed by atoms with Crippen molar-refractivity contribution in [3.8, 4) is 72.4 Å². The largest absolute Gasteiger partial charge is 0.310 e. The number of rotatable bonds is 6. The smallest absolute Gasteiger partial charge is 0.0754 e. The Labute approximate surface area is 476 Å². The van der Waals surface area contributed by atoms with Gasteiger partial charge in [-0.2, -0.15) is 0 Å². The summed E-state index contributed by atoms with van der Waals surface area (Å²) in [7, 11) is 0. The highest BCUT2D eigenvalue weighted by Crippen LogP contribution is 2.65. The Morgan fingerprint density at radius 2 is 0.695 bits per heavy atom. The third-order valence-electron chi connectivity index (χ3n) is 18.8. The van der Waals surface area contributed by atoms with Crippen molar-refractivity contribution in [3.05, 3.63) is 348 Å². The maximum atomic E-state index is 2.53. The molecule has 0 amide bonds. The van der Waals surface area contributed by atoms with Gasteiger partial charge < -0.3 is 9.47 Å². The maximum Gasteiger partial charge on any atom is 0.0754 e. The van der Waals surface area contributed by atoms with Crippen molar-refractivity contribution in [2.45, 2.75) is 10.8 Å². The van der Waals surface area contributed by atoms with E-state index in [-0.39, 0.29) is 0 Å². The van der Waals surface area contributed by atoms with E-state index >= 15 is 0 Å². The number of benzene rings is 13. The average molecular weight is 1040 g/mol. The van der Waals surface area contributed by atoms with Crippen molar-refractivity contribution in [2.75, 3.05) is 4.90 Å². The third kappa shape index (κ3) is 5.92. The molecule has 1 atom stereocenters. The SMILES string of the molecule is c1ccc(-c2cccc(-c3ccccc3N(c3cccc(-c4ccc5c(c4)C4(c6ccccc6-5)c5ccccc5-n5c6ccccc6c6cccc4c65)c3)c3ccc4c(c3)C3(c5ccccc5-c5ccccc53)c3ccccc3-4)c2)cc1. The summed E-state index contributed by atoms with van der Waals surface area (Å²) >= 11 is 0. The minimum Gasteiger partial charge on any atom is -0.310 e. The Balaban J connectivity index is 0.866. The van der Waals surface area contributed by atoms with Gasteiger partial charge in [0.15, 0.2) is 0 Å². The first-order valence-electron chi connectivity index (χ1n) is 28.7. The van der Waals surface area contributed by atoms with Crippen LogP contribution in [0.25, 0.3) is 94.3 Å². The van der Waals surface area contributed by atoms with Crippen LogP contribution in [0.2, 0.25) is 0 Å². The van der Waals surface area contributed by atoms with Gasteiger partial charge in [0, 0.05) is 27.7 Å². The van der Waals surface area contributed by atoms with E-state index in [1.165, 1.54) is 122 Å². The molecule has 4 aliphatic rings. The molecule has 0 N–H and O–H groups in total. The lowest BCUT2D eigenvalue weighted by Crippen LogP contribution is -2.33. The molecule has 2 heteroatoms. The van der Waals surface area contributed by atoms with Gasteiger partial charge in [0.2, 0.25) is 0 Å². The van der Waals surface area contributed by atoms with E-state index in [1.54, 1.807) is 0 Å². The van der Waals surface area contributed by atoms with Crippen LogP contribution >= 0.6 is 0 Å². The number of para-hydroxylation sites is 4. The van der Waals surface area contributed by atoms with E-state index in [1.807, 2.05) is 0 Å². The number of fused-ring (bicyclic) bond motifs is 22. The van der Waals surface area contributed by atoms with Gasteiger partial charge in [-0.3, -0.25) is 0 Å². The fourth-order valence-corrected chi connectivity index (χ4v) is 15.6. The molecule has 0 saturated heterocycles. The van der Waals surface area contributed by atoms with Crippen LogP contribution in [0.15, 0.2) is 303 Å². The minimum absolute atomic E-state index is 0.499. The van der Waals surface area contributed by atoms with E-state index in [0.717, 1.165) is 33.8 Å². The number of hydrogen-bond acceptors (Lipinski definition) is 1. The van der Waals surface area contributed by atoms with Crippen molar-refractivity contribution < 1.29 is 0 Å². The molecule has 0 radical (unpaired) electrons. The van der Waals surface area contributed by atoms with Crippen LogP contribution in [0.4, 0.5) is 17.1 Å². The summed E-state index contributed by atoms with van der Waals surface area (Å²) in [6.45, 7) is 0. The van der Waals surface area contributed by atoms with Gasteiger partial charge in [-0.05, 0) is 160 Å². The summed E-state index contributed by atoms with van der Waals surface area (Å²) in [6.07, 6.45) is 0. The summed E-state index contributed by atoms with van der Waals surface area (Å²) in [5.41, 5.74) is 31.3. The molecule has 18 rings (SSSR count). The van der Waals surface area contributed by atoms with Gasteiger partial charge >= 0.3 is 0 Å². The lowest BCUT2D eigenvalue weighted by molar-refractivity contribution is 0.749. The number of nitrogens with zero attached hydrogens (tertiary/aromatic N) is 2. The Morgan fingerprint density at radius 3 is 1.40 bits per heavy atom. The Bertz CT molecular complexity index is 4950. The molecule has 0 fully saturated rings. The standard InChI is InChI=1S/C80H50N2/c1-2-21-51(22-3-1)52-23-18-25-55(47-52)58-27-8-15-40-75(58)81(57-44-46-64-62-31-6-12-36-69(62)79(74(64)50-57)67-34-10-4-28-59(67)60-29-5-11-35-68(60)79)56-26-19-24-53(48-56)54-43-45-63-61-30-7-13-37-70(61)80(73(63)49-54)71-38-14-17-42-77(71)82-76-41-16-9-32-65(76)66-33-20-39-72(80)78(66)82/h1-50H. The van der Waals surface area contributed by atoms with E-state index in [4.69, 9.17) is 0 Å². The Morgan fingerprint density at radius 1 is 0.244 bits per heavy atom. The molecule has 0 bridgehead atoms. The molecular weight excluding hydrogens is 989 g/mol. The first-order valence-corrected chi connectivity index (χ1v) is 28.7. The van der Waals surface area contributed by atoms with Gasteiger partial charge in [-0.1, -0.05) is 249 Å². The van der Waals surface area contributed by atoms with Crippen LogP contribution < -0.4 is 4.90 Å². The first kappa shape index (κ1) is 45.3. The Kier molecular flexibility index (Phi) is 9.39. The van der Waals surface area contributed by atoms with Crippen LogP contribution in [0.1, 0.15) is 44.5 Å². The van der Waals surface area contributed by atoms with Gasteiger partial charge in [0.25, 0.3) is 0 Å². The summed E-state index contributed by atoms with van der Waals surface area (Å²) in [5, 5.41) is 2.56. The zero-order valence-electron chi connectivity index (χ0n) is 44.8. The van der Waals surface area contributed by atoms with E-state index in [2.05, 4.69) is 313 Å². The van der Waals surface area contributed by atoms with Gasteiger partial charge in [-0.25, -0.2) is 0 Å². The van der Waals surface area contributed by atoms with Crippen molar-refractivity contribution in [1.82, 2.24) is 4.57 Å². The highest BCUT2D eigenvalue weighted by atomic mass is 15.1. The summed E-state index contributed by atoms with van der Waals surface area (Å²) < 4.78 is 2.53. The number of anilines is 3. The van der Waals surface area contributed by atoms with Crippen LogP contribution in [-0.4, -0.2) is 4.57 Å². The second-order valence-corrected chi connectivity index (χ2v) is 22.6. The van der Waals surface area contributed by atoms with E-state index in [9.17, 15) is 0 Å². The second kappa shape index (κ2) is 17.0. The number of aromatic nitrogens is 1. The minimum atomic E-state index is -0.561. The molecule has 14 aromatic rings. The van der Waals surface area contributed by atoms with Crippen molar-refractivity contribution in [1.29, 1.82) is 0 Å². The molecule has 2 spiro atoms. The molecule has 1 aromatic heterocycles. The molecule has 3 aliphatic carbocycles. The molecule has 0 saturated carbocycles. The summed E-state index contributed by atoms with van der Waals surface area (Å²) in [4.78, 5) is 2.53. The highest BCUT2D eigenvalue weighted by molar-refractivity contribution is 6.13. The summed E-state index contributed by atoms with van der Waals surface area (Å²) in [6, 6.07) is 114. The average Bonchev–Trinajstić information content (AvgIpc) is 3.04. The highest BCUT2D eigenvalue weighted by Gasteiger charge is 2.53. The molecule has 2 nitrogen and oxygen atoms in total. The zero-order chi connectivity index (χ0) is 53.7. The monoisotopic (exact) mass is 1040 g/mol. The predicted octanol–water partition coefficient (Wildman–Crippen LogP) is 20.3. The third-order valence-corrected chi connectivity index (χ3v) is 18.8. The molecule has 82 heavy (non-hydrogen) atoms. The Hall–Kier alpha value is -10.5. The zero-order valence-corrected chi connectivity index (χ0v) is 44.8. The van der Waals surface area contributed by atoms with Crippen molar-refractivity contribution in [2.24, 2.45) is 0 Å².